The second-order valence-corrected chi connectivity index (χ2v) is 14.1. The van der Waals surface area contributed by atoms with Crippen LogP contribution in [0, 0.1) is 5.92 Å². The van der Waals surface area contributed by atoms with Gasteiger partial charge < -0.3 is 8.92 Å². The second kappa shape index (κ2) is 12.5. The zero-order chi connectivity index (χ0) is 33.4. The summed E-state index contributed by atoms with van der Waals surface area (Å²) in [6.07, 6.45) is -6.28. The van der Waals surface area contributed by atoms with E-state index in [1.807, 2.05) is 0 Å². The maximum Gasteiger partial charge on any atom is 0.534 e. The van der Waals surface area contributed by atoms with Crippen molar-refractivity contribution in [3.05, 3.63) is 65.9 Å². The molecule has 248 valence electrons. The highest BCUT2D eigenvalue weighted by Crippen LogP contribution is 2.50. The molecule has 3 aromatic rings. The molecule has 0 bridgehead atoms. The Balaban J connectivity index is 1.88. The van der Waals surface area contributed by atoms with Gasteiger partial charge in [0.05, 0.1) is 29.4 Å². The molecule has 1 fully saturated rings. The summed E-state index contributed by atoms with van der Waals surface area (Å²) in [6.45, 7) is -2.47. The van der Waals surface area contributed by atoms with Crippen LogP contribution in [0.5, 0.6) is 5.88 Å². The van der Waals surface area contributed by atoms with E-state index in [0.29, 0.717) is 5.56 Å². The van der Waals surface area contributed by atoms with Crippen molar-refractivity contribution in [2.24, 2.45) is 5.92 Å². The third kappa shape index (κ3) is 8.52. The molecule has 45 heavy (non-hydrogen) atoms. The van der Waals surface area contributed by atoms with Crippen molar-refractivity contribution >= 4 is 20.0 Å². The van der Waals surface area contributed by atoms with Crippen LogP contribution in [0.1, 0.15) is 36.4 Å². The number of alkyl halides is 8. The summed E-state index contributed by atoms with van der Waals surface area (Å²) in [4.78, 5) is -0.273. The Morgan fingerprint density at radius 2 is 1.58 bits per heavy atom. The Bertz CT molecular complexity index is 1710. The van der Waals surface area contributed by atoms with E-state index in [4.69, 9.17) is 4.74 Å². The normalized spacial score (nSPS) is 19.4. The zero-order valence-corrected chi connectivity index (χ0v) is 24.9. The number of halogens is 8. The first-order chi connectivity index (χ1) is 20.7. The second-order valence-electron chi connectivity index (χ2n) is 10.6. The fourth-order valence-electron chi connectivity index (χ4n) is 5.04. The summed E-state index contributed by atoms with van der Waals surface area (Å²) in [5.41, 5.74) is -6.73. The molecule has 1 heterocycles. The van der Waals surface area contributed by atoms with Crippen LogP contribution in [0.3, 0.4) is 0 Å². The van der Waals surface area contributed by atoms with Crippen molar-refractivity contribution < 1.29 is 60.9 Å². The van der Waals surface area contributed by atoms with E-state index in [9.17, 15) is 52.0 Å². The van der Waals surface area contributed by atoms with E-state index < -0.39 is 92.3 Å². The Morgan fingerprint density at radius 1 is 0.956 bits per heavy atom. The number of benzene rings is 2. The summed E-state index contributed by atoms with van der Waals surface area (Å²) in [5.74, 6) is -6.97. The molecule has 0 unspecified atom stereocenters. The minimum atomic E-state index is -6.55. The monoisotopic (exact) mass is 690 g/mol. The predicted molar refractivity (Wildman–Crippen MR) is 144 cm³/mol. The van der Waals surface area contributed by atoms with Crippen molar-refractivity contribution in [3.63, 3.8) is 0 Å². The number of hydrogen-bond donors (Lipinski definition) is 0. The van der Waals surface area contributed by atoms with Crippen LogP contribution in [0.4, 0.5) is 35.1 Å². The van der Waals surface area contributed by atoms with Crippen molar-refractivity contribution in [3.8, 4) is 17.0 Å². The number of rotatable bonds is 10. The van der Waals surface area contributed by atoms with Crippen LogP contribution in [0.25, 0.3) is 11.1 Å². The van der Waals surface area contributed by atoms with Gasteiger partial charge in [0.15, 0.2) is 9.84 Å². The molecule has 4 rings (SSSR count). The quantitative estimate of drug-likeness (QED) is 0.136. The molecule has 1 aliphatic carbocycles. The molecule has 2 aromatic carbocycles. The standard InChI is InChI=1S/C27H26F8N2O6S2/c1-44(38,39)20-9-7-18(8-10-20)22-23(36-37(16-26(30,31)32)24(22)43-45(40,41)27(33,34)35)21-11-12-25(28,29)13-19(21)15-42-14-17-5-3-2-4-6-17/h2-10,19,21H,11-16H2,1H3/t19-,21-/m1/s1. The number of hydrogen-bond acceptors (Lipinski definition) is 7. The average Bonchev–Trinajstić information content (AvgIpc) is 3.23. The lowest BCUT2D eigenvalue weighted by Crippen LogP contribution is -2.34. The molecular weight excluding hydrogens is 664 g/mol. The van der Waals surface area contributed by atoms with Gasteiger partial charge in [0, 0.05) is 25.0 Å². The number of aromatic nitrogens is 2. The first kappa shape index (κ1) is 34.6. The molecule has 0 aliphatic heterocycles. The Labute approximate surface area is 253 Å². The van der Waals surface area contributed by atoms with Gasteiger partial charge in [0.2, 0.25) is 11.8 Å². The fourth-order valence-corrected chi connectivity index (χ4v) is 6.15. The van der Waals surface area contributed by atoms with E-state index in [2.05, 4.69) is 9.28 Å². The van der Waals surface area contributed by atoms with Gasteiger partial charge in [-0.05, 0) is 35.6 Å². The minimum Gasteiger partial charge on any atom is -0.376 e. The molecule has 0 radical (unpaired) electrons. The largest absolute Gasteiger partial charge is 0.534 e. The highest BCUT2D eigenvalue weighted by atomic mass is 32.2. The van der Waals surface area contributed by atoms with Crippen LogP contribution < -0.4 is 4.18 Å². The summed E-state index contributed by atoms with van der Waals surface area (Å²) in [7, 11) is -10.4. The van der Waals surface area contributed by atoms with Gasteiger partial charge in [0.25, 0.3) is 0 Å². The molecule has 1 aromatic heterocycles. The molecule has 18 heteroatoms. The van der Waals surface area contributed by atoms with Crippen molar-refractivity contribution in [2.75, 3.05) is 12.9 Å². The number of nitrogens with zero attached hydrogens (tertiary/aromatic N) is 2. The molecule has 0 amide bonds. The van der Waals surface area contributed by atoms with Crippen LogP contribution in [0.2, 0.25) is 0 Å². The zero-order valence-electron chi connectivity index (χ0n) is 23.3. The number of sulfone groups is 1. The van der Waals surface area contributed by atoms with Crippen LogP contribution >= 0.6 is 0 Å². The third-order valence-electron chi connectivity index (χ3n) is 7.05. The van der Waals surface area contributed by atoms with Crippen LogP contribution in [0.15, 0.2) is 59.5 Å². The van der Waals surface area contributed by atoms with E-state index in [-0.39, 0.29) is 28.4 Å². The maximum atomic E-state index is 14.6. The Hall–Kier alpha value is -3.25. The topological polar surface area (TPSA) is 105 Å². The third-order valence-corrected chi connectivity index (χ3v) is 9.12. The molecule has 0 spiro atoms. The maximum absolute atomic E-state index is 14.6. The minimum absolute atomic E-state index is 0.0177. The molecule has 1 saturated carbocycles. The first-order valence-electron chi connectivity index (χ1n) is 13.1. The highest BCUT2D eigenvalue weighted by Gasteiger charge is 2.51. The lowest BCUT2D eigenvalue weighted by molar-refractivity contribution is -0.143. The Morgan fingerprint density at radius 3 is 2.13 bits per heavy atom. The van der Waals surface area contributed by atoms with E-state index >= 15 is 0 Å². The lowest BCUT2D eigenvalue weighted by Gasteiger charge is -2.35. The van der Waals surface area contributed by atoms with Crippen LogP contribution in [-0.2, 0) is 37.8 Å². The predicted octanol–water partition coefficient (Wildman–Crippen LogP) is 6.48. The summed E-state index contributed by atoms with van der Waals surface area (Å²) in [6, 6.07) is 12.6. The van der Waals surface area contributed by atoms with E-state index in [1.165, 1.54) is 0 Å². The van der Waals surface area contributed by atoms with Gasteiger partial charge in [0.1, 0.15) is 6.54 Å². The van der Waals surface area contributed by atoms with Gasteiger partial charge in [-0.15, -0.1) is 0 Å². The van der Waals surface area contributed by atoms with Gasteiger partial charge in [-0.1, -0.05) is 42.5 Å². The summed E-state index contributed by atoms with van der Waals surface area (Å²) < 4.78 is 168. The molecule has 8 nitrogen and oxygen atoms in total. The van der Waals surface area contributed by atoms with Gasteiger partial charge >= 0.3 is 21.8 Å². The molecular formula is C27H26F8N2O6S2. The van der Waals surface area contributed by atoms with Crippen molar-refractivity contribution in [2.45, 2.75) is 60.8 Å². The highest BCUT2D eigenvalue weighted by molar-refractivity contribution is 7.90. The molecule has 1 aliphatic rings. The SMILES string of the molecule is CS(=O)(=O)c1ccc(-c2c([C@@H]3CCC(F)(F)C[C@@H]3COCc3ccccc3)nn(CC(F)(F)F)c2OS(=O)(=O)C(F)(F)F)cc1. The van der Waals surface area contributed by atoms with E-state index in [0.717, 1.165) is 30.5 Å². The van der Waals surface area contributed by atoms with Gasteiger partial charge in [-0.25, -0.2) is 21.9 Å². The van der Waals surface area contributed by atoms with Crippen LogP contribution in [-0.4, -0.2) is 57.1 Å². The first-order valence-corrected chi connectivity index (χ1v) is 16.4. The average molecular weight is 691 g/mol. The molecule has 2 atom stereocenters. The lowest BCUT2D eigenvalue weighted by atomic mass is 9.75. The summed E-state index contributed by atoms with van der Waals surface area (Å²) >= 11 is 0. The molecule has 0 saturated heterocycles. The van der Waals surface area contributed by atoms with Crippen molar-refractivity contribution in [1.29, 1.82) is 0 Å². The Kier molecular flexibility index (Phi) is 9.62. The van der Waals surface area contributed by atoms with Gasteiger partial charge in [-0.2, -0.15) is 39.9 Å². The fraction of sp³-hybridized carbons (Fsp3) is 0.444. The number of ether oxygens (including phenoxy) is 1. The molecule has 0 N–H and O–H groups in total. The summed E-state index contributed by atoms with van der Waals surface area (Å²) in [5, 5.41) is 3.82. The smallest absolute Gasteiger partial charge is 0.376 e. The van der Waals surface area contributed by atoms with E-state index in [1.54, 1.807) is 30.3 Å². The van der Waals surface area contributed by atoms with Crippen molar-refractivity contribution in [1.82, 2.24) is 9.78 Å². The van der Waals surface area contributed by atoms with Gasteiger partial charge in [-0.3, -0.25) is 0 Å².